The van der Waals surface area contributed by atoms with E-state index in [2.05, 4.69) is 4.74 Å². The molecule has 1 atom stereocenters. The molecule has 0 heterocycles. The lowest BCUT2D eigenvalue weighted by atomic mass is 10.2. The number of amides is 1. The van der Waals surface area contributed by atoms with Crippen LogP contribution in [0.5, 0.6) is 0 Å². The summed E-state index contributed by atoms with van der Waals surface area (Å²) in [5, 5.41) is 10.4. The van der Waals surface area contributed by atoms with Gasteiger partial charge in [0.25, 0.3) is 0 Å². The van der Waals surface area contributed by atoms with Gasteiger partial charge in [-0.3, -0.25) is 0 Å². The zero-order valence-electron chi connectivity index (χ0n) is 12.1. The average Bonchev–Trinajstić information content (AvgIpc) is 2.37. The Hall–Kier alpha value is -1.31. The van der Waals surface area contributed by atoms with Crippen LogP contribution in [0.4, 0.5) is 4.79 Å². The van der Waals surface area contributed by atoms with Crippen molar-refractivity contribution < 1.29 is 27.9 Å². The third kappa shape index (κ3) is 6.23. The number of hydrogen-bond acceptors (Lipinski definition) is 5. The Labute approximate surface area is 119 Å². The normalized spacial score (nSPS) is 13.0. The molecule has 7 nitrogen and oxygen atoms in total. The fourth-order valence-electron chi connectivity index (χ4n) is 1.89. The molecule has 0 fully saturated rings. The van der Waals surface area contributed by atoms with E-state index in [0.717, 1.165) is 7.11 Å². The molecule has 20 heavy (non-hydrogen) atoms. The summed E-state index contributed by atoms with van der Waals surface area (Å²) in [6.07, 6.45) is 1.41. The number of methoxy groups -OCH3 is 1. The molecule has 0 aliphatic heterocycles. The minimum Gasteiger partial charge on any atom is -0.480 e. The Morgan fingerprint density at radius 2 is 1.70 bits per heavy atom. The van der Waals surface area contributed by atoms with Crippen LogP contribution < -0.4 is 5.32 Å². The van der Waals surface area contributed by atoms with Gasteiger partial charge >= 0.3 is 12.1 Å². The van der Waals surface area contributed by atoms with Crippen molar-refractivity contribution in [1.29, 1.82) is 0 Å². The van der Waals surface area contributed by atoms with Gasteiger partial charge in [-0.2, -0.15) is 0 Å². The van der Waals surface area contributed by atoms with Crippen molar-refractivity contribution in [2.24, 2.45) is 0 Å². The van der Waals surface area contributed by atoms with E-state index >= 15 is 0 Å². The molecule has 2 N–H and O–H groups in total. The monoisotopic (exact) mass is 309 g/mol. The second-order valence-corrected chi connectivity index (χ2v) is 6.88. The number of carboxylic acids is 1. The summed E-state index contributed by atoms with van der Waals surface area (Å²) >= 11 is 0. The summed E-state index contributed by atoms with van der Waals surface area (Å²) in [5.41, 5.74) is 0. The van der Waals surface area contributed by atoms with Crippen LogP contribution in [-0.2, 0) is 19.4 Å². The first kappa shape index (κ1) is 18.7. The van der Waals surface area contributed by atoms with Gasteiger partial charge in [-0.15, -0.1) is 0 Å². The van der Waals surface area contributed by atoms with Crippen LogP contribution in [-0.4, -0.2) is 49.7 Å². The van der Waals surface area contributed by atoms with Gasteiger partial charge in [0.1, 0.15) is 6.04 Å². The van der Waals surface area contributed by atoms with Gasteiger partial charge in [-0.05, 0) is 12.8 Å². The molecule has 0 spiro atoms. The summed E-state index contributed by atoms with van der Waals surface area (Å²) in [5.74, 6) is -2.02. The summed E-state index contributed by atoms with van der Waals surface area (Å²) in [6, 6.07) is -1.50. The van der Waals surface area contributed by atoms with Gasteiger partial charge in [0.15, 0.2) is 9.84 Å². The number of carboxylic acid groups (broad SMARTS) is 1. The largest absolute Gasteiger partial charge is 0.480 e. The number of sulfone groups is 1. The highest BCUT2D eigenvalue weighted by Crippen LogP contribution is 2.16. The topological polar surface area (TPSA) is 110 Å². The van der Waals surface area contributed by atoms with E-state index in [1.165, 1.54) is 0 Å². The molecule has 1 amide bonds. The minimum absolute atomic E-state index is 0.487. The summed E-state index contributed by atoms with van der Waals surface area (Å²) in [7, 11) is -2.51. The predicted molar refractivity (Wildman–Crippen MR) is 74.4 cm³/mol. The molecule has 0 aliphatic carbocycles. The lowest BCUT2D eigenvalue weighted by Gasteiger charge is -2.19. The van der Waals surface area contributed by atoms with Gasteiger partial charge in [0, 0.05) is 0 Å². The number of carbonyl (C=O) groups is 2. The van der Waals surface area contributed by atoms with E-state index in [0.29, 0.717) is 25.7 Å². The van der Waals surface area contributed by atoms with Crippen LogP contribution in [0.15, 0.2) is 0 Å². The first-order valence-electron chi connectivity index (χ1n) is 6.57. The SMILES string of the molecule is CCCC(CCC)S(=O)(=O)C[C@@H](NC(=O)OC)C(=O)O. The van der Waals surface area contributed by atoms with Crippen molar-refractivity contribution in [2.45, 2.75) is 50.8 Å². The van der Waals surface area contributed by atoms with Gasteiger partial charge in [0.2, 0.25) is 0 Å². The maximum atomic E-state index is 12.2. The van der Waals surface area contributed by atoms with Crippen molar-refractivity contribution in [2.75, 3.05) is 12.9 Å². The molecule has 0 unspecified atom stereocenters. The Morgan fingerprint density at radius 1 is 1.20 bits per heavy atom. The van der Waals surface area contributed by atoms with E-state index < -0.39 is 38.9 Å². The highest BCUT2D eigenvalue weighted by molar-refractivity contribution is 7.92. The molecule has 0 aromatic heterocycles. The smallest absolute Gasteiger partial charge is 0.407 e. The molecule has 118 valence electrons. The fourth-order valence-corrected chi connectivity index (χ4v) is 4.04. The zero-order chi connectivity index (χ0) is 15.8. The van der Waals surface area contributed by atoms with E-state index in [4.69, 9.17) is 5.11 Å². The molecule has 8 heteroatoms. The molecule has 0 radical (unpaired) electrons. The Kier molecular flexibility index (Phi) is 8.21. The van der Waals surface area contributed by atoms with Crippen LogP contribution >= 0.6 is 0 Å². The van der Waals surface area contributed by atoms with E-state index in [1.54, 1.807) is 0 Å². The maximum Gasteiger partial charge on any atom is 0.407 e. The molecule has 0 aromatic carbocycles. The molecule has 0 saturated carbocycles. The van der Waals surface area contributed by atoms with Crippen LogP contribution in [0.3, 0.4) is 0 Å². The minimum atomic E-state index is -3.60. The zero-order valence-corrected chi connectivity index (χ0v) is 12.9. The number of rotatable bonds is 9. The van der Waals surface area contributed by atoms with Gasteiger partial charge in [-0.1, -0.05) is 26.7 Å². The molecule has 0 aliphatic rings. The molecule has 0 bridgehead atoms. The molecule has 0 rings (SSSR count). The van der Waals surface area contributed by atoms with Crippen molar-refractivity contribution in [3.63, 3.8) is 0 Å². The lowest BCUT2D eigenvalue weighted by molar-refractivity contribution is -0.138. The number of nitrogens with one attached hydrogen (secondary N) is 1. The third-order valence-corrected chi connectivity index (χ3v) is 5.19. The summed E-state index contributed by atoms with van der Waals surface area (Å²) in [6.45, 7) is 3.75. The highest BCUT2D eigenvalue weighted by Gasteiger charge is 2.32. The number of carbonyl (C=O) groups excluding carboxylic acids is 1. The first-order valence-corrected chi connectivity index (χ1v) is 8.28. The summed E-state index contributed by atoms with van der Waals surface area (Å²) < 4.78 is 28.8. The molecular weight excluding hydrogens is 286 g/mol. The van der Waals surface area contributed by atoms with E-state index in [9.17, 15) is 18.0 Å². The number of aliphatic carboxylic acids is 1. The van der Waals surface area contributed by atoms with Crippen molar-refractivity contribution >= 4 is 21.9 Å². The maximum absolute atomic E-state index is 12.2. The van der Waals surface area contributed by atoms with Gasteiger partial charge < -0.3 is 15.2 Å². The first-order chi connectivity index (χ1) is 9.28. The van der Waals surface area contributed by atoms with Gasteiger partial charge in [0.05, 0.1) is 18.1 Å². The molecule has 0 aromatic rings. The predicted octanol–water partition coefficient (Wildman–Crippen LogP) is 1.18. The third-order valence-electron chi connectivity index (χ3n) is 2.90. The van der Waals surface area contributed by atoms with Crippen LogP contribution in [0.25, 0.3) is 0 Å². The number of ether oxygens (including phenoxy) is 1. The average molecular weight is 309 g/mol. The number of hydrogen-bond donors (Lipinski definition) is 2. The lowest BCUT2D eigenvalue weighted by Crippen LogP contribution is -2.46. The van der Waals surface area contributed by atoms with Gasteiger partial charge in [-0.25, -0.2) is 18.0 Å². The quantitative estimate of drug-likeness (QED) is 0.662. The molecule has 0 saturated heterocycles. The second kappa shape index (κ2) is 8.78. The summed E-state index contributed by atoms with van der Waals surface area (Å²) in [4.78, 5) is 22.1. The van der Waals surface area contributed by atoms with Crippen LogP contribution in [0.2, 0.25) is 0 Å². The second-order valence-electron chi connectivity index (χ2n) is 4.56. The van der Waals surface area contributed by atoms with Crippen molar-refractivity contribution in [3.05, 3.63) is 0 Å². The number of alkyl carbamates (subject to hydrolysis) is 1. The van der Waals surface area contributed by atoms with E-state index in [-0.39, 0.29) is 0 Å². The standard InChI is InChI=1S/C12H23NO6S/c1-4-6-9(7-5-2)20(17,18)8-10(11(14)15)13-12(16)19-3/h9-10H,4-8H2,1-3H3,(H,13,16)(H,14,15)/t10-/m1/s1. The highest BCUT2D eigenvalue weighted by atomic mass is 32.2. The molecular formula is C12H23NO6S. The van der Waals surface area contributed by atoms with Crippen LogP contribution in [0.1, 0.15) is 39.5 Å². The Balaban J connectivity index is 4.97. The van der Waals surface area contributed by atoms with Crippen molar-refractivity contribution in [3.8, 4) is 0 Å². The van der Waals surface area contributed by atoms with Crippen LogP contribution in [0, 0.1) is 0 Å². The Morgan fingerprint density at radius 3 is 2.05 bits per heavy atom. The Bertz CT molecular complexity index is 414. The van der Waals surface area contributed by atoms with Crippen molar-refractivity contribution in [1.82, 2.24) is 5.32 Å². The van der Waals surface area contributed by atoms with E-state index in [1.807, 2.05) is 19.2 Å². The fraction of sp³-hybridized carbons (Fsp3) is 0.833.